The summed E-state index contributed by atoms with van der Waals surface area (Å²) >= 11 is 2.42. The maximum absolute atomic E-state index is 6.79. The van der Waals surface area contributed by atoms with Crippen LogP contribution in [-0.2, 0) is 31.8 Å². The summed E-state index contributed by atoms with van der Waals surface area (Å²) in [5.74, 6) is 3.72. The molecule has 3 heterocycles. The number of imidazole rings is 1. The molecular weight excluding hydrogens is 748 g/mol. The van der Waals surface area contributed by atoms with Crippen LogP contribution in [0.25, 0.3) is 16.7 Å². The molecule has 1 aliphatic heterocycles. The van der Waals surface area contributed by atoms with Crippen LogP contribution in [0.2, 0.25) is 0 Å². The summed E-state index contributed by atoms with van der Waals surface area (Å²) < 4.78 is 12.4. The van der Waals surface area contributed by atoms with Crippen molar-refractivity contribution < 1.29 is 24.1 Å². The summed E-state index contributed by atoms with van der Waals surface area (Å²) in [4.78, 5) is 7.58. The van der Waals surface area contributed by atoms with Crippen molar-refractivity contribution in [3.8, 4) is 17.2 Å². The second-order valence-electron chi connectivity index (χ2n) is 14.7. The third kappa shape index (κ3) is 4.76. The van der Waals surface area contributed by atoms with Crippen LogP contribution in [0.1, 0.15) is 88.3 Å². The Labute approximate surface area is 283 Å². The molecule has 3 aliphatic rings. The molecule has 3 aromatic carbocycles. The molecule has 8 rings (SSSR count). The van der Waals surface area contributed by atoms with Crippen molar-refractivity contribution >= 4 is 22.5 Å². The van der Waals surface area contributed by atoms with Gasteiger partial charge in [0.25, 0.3) is 0 Å². The zero-order valence-electron chi connectivity index (χ0n) is 27.5. The van der Waals surface area contributed by atoms with Gasteiger partial charge >= 0.3 is 234 Å². The third-order valence-corrected chi connectivity index (χ3v) is 12.1. The summed E-state index contributed by atoms with van der Waals surface area (Å²) in [6.45, 7) is 8.94. The van der Waals surface area contributed by atoms with Gasteiger partial charge in [0.15, 0.2) is 0 Å². The van der Waals surface area contributed by atoms with Crippen LogP contribution in [0.15, 0.2) is 66.9 Å². The first-order valence-electron chi connectivity index (χ1n) is 16.8. The number of hydrogen-bond donors (Lipinski definition) is 0. The quantitative estimate of drug-likeness (QED) is 0.170. The normalized spacial score (nSPS) is 20.4. The minimum absolute atomic E-state index is 0.0712. The standard InChI is InChI=1S/C40H42N4O.Pt/c1-27-17-20-41-38(21-27)44-37-25-30(15-16-33(37)32-11-10-12-34(32)40(44)18-8-9-19-40)45-31-23-28(39(2,3)4)22-29(24-31)43-26-42(5)35-13-6-7-14-36(35)43;/h6-7,13-17,20-23,32,34H,8-12,18-19H2,1-5H3;/q-2;. The van der Waals surface area contributed by atoms with Crippen LogP contribution in [0.3, 0.4) is 0 Å². The van der Waals surface area contributed by atoms with E-state index in [0.717, 1.165) is 32.3 Å². The molecule has 5 aromatic rings. The number of para-hydroxylation sites is 2. The number of benzene rings is 3. The van der Waals surface area contributed by atoms with Crippen LogP contribution < -0.4 is 9.64 Å². The number of fused-ring (bicyclic) bond motifs is 5. The number of ether oxygens (including phenoxy) is 1. The van der Waals surface area contributed by atoms with Gasteiger partial charge in [0, 0.05) is 6.20 Å². The number of hydrogen-bond acceptors (Lipinski definition) is 3. The van der Waals surface area contributed by atoms with Gasteiger partial charge in [-0.05, 0) is 25.0 Å². The fraction of sp³-hybridized carbons (Fsp3) is 0.400. The zero-order valence-corrected chi connectivity index (χ0v) is 29.7. The molecule has 240 valence electrons. The molecule has 2 aliphatic carbocycles. The number of nitrogens with zero attached hydrogens (tertiary/aromatic N) is 4. The average Bonchev–Trinajstić information content (AvgIpc) is 3.77. The number of pyridine rings is 1. The van der Waals surface area contributed by atoms with Crippen molar-refractivity contribution in [1.82, 2.24) is 14.1 Å². The van der Waals surface area contributed by atoms with Gasteiger partial charge in [-0.15, -0.1) is 0 Å². The van der Waals surface area contributed by atoms with E-state index in [0.29, 0.717) is 17.6 Å². The second-order valence-corrected chi connectivity index (χ2v) is 15.7. The summed E-state index contributed by atoms with van der Waals surface area (Å²) in [6.07, 6.45) is 10.8. The molecular formula is C40H42N4OPt-2. The van der Waals surface area contributed by atoms with Gasteiger partial charge < -0.3 is 0 Å². The molecule has 6 heteroatoms. The molecule has 0 radical (unpaired) electrons. The van der Waals surface area contributed by atoms with E-state index in [9.17, 15) is 0 Å². The van der Waals surface area contributed by atoms with Crippen molar-refractivity contribution in [3.63, 3.8) is 0 Å². The molecule has 2 saturated carbocycles. The van der Waals surface area contributed by atoms with Crippen molar-refractivity contribution in [2.24, 2.45) is 13.0 Å². The predicted octanol–water partition coefficient (Wildman–Crippen LogP) is 9.79. The summed E-state index contributed by atoms with van der Waals surface area (Å²) in [5, 5.41) is 0. The summed E-state index contributed by atoms with van der Waals surface area (Å²) in [5.41, 5.74) is 8.34. The van der Waals surface area contributed by atoms with Crippen LogP contribution >= 0.6 is 0 Å². The Morgan fingerprint density at radius 1 is 0.913 bits per heavy atom. The third-order valence-electron chi connectivity index (χ3n) is 10.9. The van der Waals surface area contributed by atoms with Gasteiger partial charge in [0.05, 0.1) is 0 Å². The SMILES string of the molecule is Cc1ccnc(N2c3[c-]c(Oc4[c-]c(-n5[c](=[Pt])n(C)c6ccccc65)cc(C(C)(C)C)c4)ccc3C3CCCC3C23CCCC3)c1. The van der Waals surface area contributed by atoms with Gasteiger partial charge in [-0.1, -0.05) is 19.3 Å². The molecule has 2 fully saturated rings. The summed E-state index contributed by atoms with van der Waals surface area (Å²) in [6, 6.07) is 29.3. The number of aromatic nitrogens is 3. The van der Waals surface area contributed by atoms with Crippen LogP contribution in [0.4, 0.5) is 11.5 Å². The van der Waals surface area contributed by atoms with E-state index in [1.54, 1.807) is 0 Å². The Kier molecular flexibility index (Phi) is 7.21. The fourth-order valence-electron chi connectivity index (χ4n) is 8.70. The molecule has 46 heavy (non-hydrogen) atoms. The Balaban J connectivity index is 1.27. The van der Waals surface area contributed by atoms with E-state index < -0.39 is 0 Å². The van der Waals surface area contributed by atoms with E-state index >= 15 is 0 Å². The van der Waals surface area contributed by atoms with Crippen LogP contribution in [-0.4, -0.2) is 19.7 Å². The van der Waals surface area contributed by atoms with Gasteiger partial charge in [0.2, 0.25) is 0 Å². The first-order valence-corrected chi connectivity index (χ1v) is 17.9. The first-order chi connectivity index (χ1) is 22.1. The van der Waals surface area contributed by atoms with E-state index in [2.05, 4.69) is 141 Å². The Morgan fingerprint density at radius 2 is 1.70 bits per heavy atom. The molecule has 0 saturated heterocycles. The number of rotatable bonds is 4. The minimum Gasteiger partial charge on any atom is -0.0510 e. The van der Waals surface area contributed by atoms with Gasteiger partial charge in [-0.25, -0.2) is 0 Å². The van der Waals surface area contributed by atoms with Crippen molar-refractivity contribution in [1.29, 1.82) is 0 Å². The van der Waals surface area contributed by atoms with E-state index in [1.807, 2.05) is 6.20 Å². The molecule has 2 unspecified atom stereocenters. The minimum atomic E-state index is -0.0712. The van der Waals surface area contributed by atoms with Crippen molar-refractivity contribution in [3.05, 3.63) is 99.5 Å². The fourth-order valence-corrected chi connectivity index (χ4v) is 9.52. The summed E-state index contributed by atoms with van der Waals surface area (Å²) in [7, 11) is 2.12. The Morgan fingerprint density at radius 3 is 2.46 bits per heavy atom. The van der Waals surface area contributed by atoms with Gasteiger partial charge in [-0.3, -0.25) is 0 Å². The van der Waals surface area contributed by atoms with Crippen LogP contribution in [0, 0.1) is 28.8 Å². The van der Waals surface area contributed by atoms with E-state index in [1.165, 1.54) is 67.2 Å². The monoisotopic (exact) mass is 789 g/mol. The first kappa shape index (κ1) is 29.9. The molecule has 0 amide bonds. The molecule has 2 atom stereocenters. The van der Waals surface area contributed by atoms with Crippen molar-refractivity contribution in [2.75, 3.05) is 4.90 Å². The van der Waals surface area contributed by atoms with E-state index in [-0.39, 0.29) is 11.0 Å². The Bertz CT molecular complexity index is 2030. The van der Waals surface area contributed by atoms with Gasteiger partial charge in [-0.2, -0.15) is 0 Å². The number of anilines is 2. The molecule has 0 bridgehead atoms. The molecule has 2 aromatic heterocycles. The van der Waals surface area contributed by atoms with Gasteiger partial charge in [0.1, 0.15) is 0 Å². The molecule has 5 nitrogen and oxygen atoms in total. The number of aryl methyl sites for hydroxylation is 2. The molecule has 1 spiro atoms. The molecule has 0 N–H and O–H groups in total. The topological polar surface area (TPSA) is 35.2 Å². The van der Waals surface area contributed by atoms with Crippen LogP contribution in [0.5, 0.6) is 11.5 Å². The Hall–Kier alpha value is -3.43. The zero-order chi connectivity index (χ0) is 31.8. The predicted molar refractivity (Wildman–Crippen MR) is 181 cm³/mol. The smallest absolute Gasteiger partial charge is 0.0510 e. The van der Waals surface area contributed by atoms with Crippen molar-refractivity contribution in [2.45, 2.75) is 89.5 Å². The maximum atomic E-state index is 6.79. The average molecular weight is 790 g/mol. The second kappa shape index (κ2) is 11.1. The van der Waals surface area contributed by atoms with E-state index in [4.69, 9.17) is 9.72 Å².